The number of hydrogen-bond donors (Lipinski definition) is 0. The zero-order valence-corrected chi connectivity index (χ0v) is 4.96. The summed E-state index contributed by atoms with van der Waals surface area (Å²) in [6.07, 6.45) is 3.77. The normalized spacial score (nSPS) is 51.4. The molecule has 2 saturated heterocycles. The molecule has 46 valence electrons. The molecule has 0 spiro atoms. The second-order valence-corrected chi connectivity index (χ2v) is 2.54. The van der Waals surface area contributed by atoms with Crippen LogP contribution in [0.1, 0.15) is 12.8 Å². The van der Waals surface area contributed by atoms with E-state index in [-0.39, 0.29) is 0 Å². The molecule has 0 radical (unpaired) electrons. The van der Waals surface area contributed by atoms with E-state index in [1.54, 1.807) is 7.11 Å². The summed E-state index contributed by atoms with van der Waals surface area (Å²) in [5, 5.41) is 0. The van der Waals surface area contributed by atoms with Crippen molar-refractivity contribution in [2.45, 2.75) is 31.2 Å². The Labute approximate surface area is 48.8 Å². The predicted molar refractivity (Wildman–Crippen MR) is 28.7 cm³/mol. The molecule has 3 unspecified atom stereocenters. The summed E-state index contributed by atoms with van der Waals surface area (Å²) in [7, 11) is 1.76. The third kappa shape index (κ3) is 0.446. The van der Waals surface area contributed by atoms with Crippen molar-refractivity contribution >= 4 is 0 Å². The molecule has 2 bridgehead atoms. The molecular weight excluding hydrogens is 104 g/mol. The Balaban J connectivity index is 2.00. The maximum atomic E-state index is 5.33. The summed E-state index contributed by atoms with van der Waals surface area (Å²) in [6, 6.07) is 0. The molecule has 3 aliphatic rings. The number of fused-ring (bicyclic) bond motifs is 1. The van der Waals surface area contributed by atoms with Gasteiger partial charge in [-0.3, -0.25) is 0 Å². The molecule has 8 heavy (non-hydrogen) atoms. The van der Waals surface area contributed by atoms with Gasteiger partial charge in [0.25, 0.3) is 0 Å². The van der Waals surface area contributed by atoms with Crippen LogP contribution in [0.3, 0.4) is 0 Å². The van der Waals surface area contributed by atoms with Gasteiger partial charge in [0.15, 0.2) is 0 Å². The van der Waals surface area contributed by atoms with Crippen LogP contribution >= 0.6 is 0 Å². The lowest BCUT2D eigenvalue weighted by atomic mass is 10.2. The van der Waals surface area contributed by atoms with E-state index in [2.05, 4.69) is 0 Å². The van der Waals surface area contributed by atoms with Gasteiger partial charge in [-0.05, 0) is 0 Å². The van der Waals surface area contributed by atoms with E-state index in [4.69, 9.17) is 9.47 Å². The first kappa shape index (κ1) is 4.77. The largest absolute Gasteiger partial charge is 0.379 e. The molecule has 0 N–H and O–H groups in total. The first-order chi connectivity index (χ1) is 3.90. The Kier molecular flexibility index (Phi) is 0.866. The molecule has 1 saturated carbocycles. The monoisotopic (exact) mass is 114 g/mol. The van der Waals surface area contributed by atoms with Crippen LogP contribution in [-0.2, 0) is 9.47 Å². The lowest BCUT2D eigenvalue weighted by Gasteiger charge is -2.24. The number of ether oxygens (including phenoxy) is 2. The van der Waals surface area contributed by atoms with Gasteiger partial charge in [0.1, 0.15) is 0 Å². The molecule has 2 heteroatoms. The van der Waals surface area contributed by atoms with Crippen molar-refractivity contribution in [3.05, 3.63) is 0 Å². The molecule has 2 aliphatic heterocycles. The van der Waals surface area contributed by atoms with E-state index in [1.807, 2.05) is 0 Å². The maximum Gasteiger partial charge on any atom is 0.0866 e. The van der Waals surface area contributed by atoms with E-state index in [1.165, 1.54) is 6.42 Å². The van der Waals surface area contributed by atoms with Crippen molar-refractivity contribution in [3.8, 4) is 0 Å². The Bertz CT molecular complexity index is 96.7. The first-order valence-electron chi connectivity index (χ1n) is 3.08. The second kappa shape index (κ2) is 1.45. The molecule has 0 aromatic rings. The van der Waals surface area contributed by atoms with Crippen LogP contribution in [0.2, 0.25) is 0 Å². The molecule has 3 rings (SSSR count). The molecule has 1 aliphatic carbocycles. The molecule has 2 nitrogen and oxygen atoms in total. The van der Waals surface area contributed by atoms with Gasteiger partial charge in [0, 0.05) is 20.0 Å². The quantitative estimate of drug-likeness (QED) is 0.496. The van der Waals surface area contributed by atoms with Gasteiger partial charge in [-0.1, -0.05) is 0 Å². The lowest BCUT2D eigenvalue weighted by molar-refractivity contribution is -0.0930. The van der Waals surface area contributed by atoms with E-state index in [0.717, 1.165) is 6.42 Å². The predicted octanol–water partition coefficient (Wildman–Crippen LogP) is 0.563. The first-order valence-corrected chi connectivity index (χ1v) is 3.08. The standard InChI is InChI=1S/C6H10O2/c1-7-5-2-4-3-6(5)8-4/h4-6H,2-3H2,1H3. The molecular formula is C6H10O2. The van der Waals surface area contributed by atoms with Crippen molar-refractivity contribution in [1.82, 2.24) is 0 Å². The Morgan fingerprint density at radius 1 is 1.50 bits per heavy atom. The van der Waals surface area contributed by atoms with E-state index in [0.29, 0.717) is 18.3 Å². The van der Waals surface area contributed by atoms with E-state index >= 15 is 0 Å². The summed E-state index contributed by atoms with van der Waals surface area (Å²) in [5.74, 6) is 0. The minimum atomic E-state index is 0.417. The van der Waals surface area contributed by atoms with Gasteiger partial charge in [0.2, 0.25) is 0 Å². The smallest absolute Gasteiger partial charge is 0.0866 e. The van der Waals surface area contributed by atoms with Crippen molar-refractivity contribution < 1.29 is 9.47 Å². The molecule has 0 aromatic carbocycles. The fourth-order valence-electron chi connectivity index (χ4n) is 1.55. The number of rotatable bonds is 1. The molecule has 2 heterocycles. The minimum absolute atomic E-state index is 0.417. The van der Waals surface area contributed by atoms with E-state index < -0.39 is 0 Å². The van der Waals surface area contributed by atoms with Crippen LogP contribution in [0.25, 0.3) is 0 Å². The summed E-state index contributed by atoms with van der Waals surface area (Å²) in [4.78, 5) is 0. The van der Waals surface area contributed by atoms with Crippen LogP contribution < -0.4 is 0 Å². The fourth-order valence-corrected chi connectivity index (χ4v) is 1.55. The van der Waals surface area contributed by atoms with Gasteiger partial charge in [-0.2, -0.15) is 0 Å². The topological polar surface area (TPSA) is 18.5 Å². The number of hydrogen-bond acceptors (Lipinski definition) is 2. The third-order valence-electron chi connectivity index (χ3n) is 2.08. The van der Waals surface area contributed by atoms with Crippen LogP contribution in [0.5, 0.6) is 0 Å². The molecule has 0 amide bonds. The van der Waals surface area contributed by atoms with Crippen molar-refractivity contribution in [2.75, 3.05) is 7.11 Å². The zero-order valence-electron chi connectivity index (χ0n) is 4.96. The highest BCUT2D eigenvalue weighted by Gasteiger charge is 2.45. The molecule has 0 aromatic heterocycles. The lowest BCUT2D eigenvalue weighted by Crippen LogP contribution is -2.30. The average molecular weight is 114 g/mol. The van der Waals surface area contributed by atoms with Crippen molar-refractivity contribution in [3.63, 3.8) is 0 Å². The summed E-state index contributed by atoms with van der Waals surface area (Å²) < 4.78 is 10.5. The summed E-state index contributed by atoms with van der Waals surface area (Å²) in [5.41, 5.74) is 0. The zero-order chi connectivity index (χ0) is 5.56. The summed E-state index contributed by atoms with van der Waals surface area (Å²) in [6.45, 7) is 0. The molecule has 3 fully saturated rings. The highest BCUT2D eigenvalue weighted by Crippen LogP contribution is 2.38. The summed E-state index contributed by atoms with van der Waals surface area (Å²) >= 11 is 0. The van der Waals surface area contributed by atoms with Gasteiger partial charge in [-0.25, -0.2) is 0 Å². The van der Waals surface area contributed by atoms with E-state index in [9.17, 15) is 0 Å². The second-order valence-electron chi connectivity index (χ2n) is 2.54. The van der Waals surface area contributed by atoms with Gasteiger partial charge in [-0.15, -0.1) is 0 Å². The highest BCUT2D eigenvalue weighted by atomic mass is 16.6. The minimum Gasteiger partial charge on any atom is -0.379 e. The Hall–Kier alpha value is -0.0800. The van der Waals surface area contributed by atoms with Crippen LogP contribution in [0, 0.1) is 0 Å². The van der Waals surface area contributed by atoms with Crippen LogP contribution in [0.4, 0.5) is 0 Å². The third-order valence-corrected chi connectivity index (χ3v) is 2.08. The Morgan fingerprint density at radius 3 is 2.50 bits per heavy atom. The number of methoxy groups -OCH3 is 1. The fraction of sp³-hybridized carbons (Fsp3) is 1.00. The van der Waals surface area contributed by atoms with Gasteiger partial charge < -0.3 is 9.47 Å². The van der Waals surface area contributed by atoms with Crippen LogP contribution in [0.15, 0.2) is 0 Å². The van der Waals surface area contributed by atoms with Crippen molar-refractivity contribution in [2.24, 2.45) is 0 Å². The maximum absolute atomic E-state index is 5.33. The SMILES string of the molecule is COC1CC2CC1O2. The molecule has 3 atom stereocenters. The van der Waals surface area contributed by atoms with Crippen molar-refractivity contribution in [1.29, 1.82) is 0 Å². The highest BCUT2D eigenvalue weighted by molar-refractivity contribution is 4.94. The van der Waals surface area contributed by atoms with Gasteiger partial charge >= 0.3 is 0 Å². The Morgan fingerprint density at radius 2 is 2.25 bits per heavy atom. The van der Waals surface area contributed by atoms with Crippen LogP contribution in [-0.4, -0.2) is 25.4 Å². The average Bonchev–Trinajstić information content (AvgIpc) is 2.15. The van der Waals surface area contributed by atoms with Gasteiger partial charge in [0.05, 0.1) is 18.3 Å².